The Labute approximate surface area is 247 Å². The van der Waals surface area contributed by atoms with Crippen molar-refractivity contribution in [1.82, 2.24) is 9.88 Å². The Balaban J connectivity index is 1.47. The van der Waals surface area contributed by atoms with Crippen molar-refractivity contribution in [2.45, 2.75) is 51.6 Å². The minimum absolute atomic E-state index is 0.219. The van der Waals surface area contributed by atoms with E-state index in [-0.39, 0.29) is 18.9 Å². The van der Waals surface area contributed by atoms with Crippen LogP contribution >= 0.6 is 0 Å². The number of aromatic nitrogens is 1. The minimum Gasteiger partial charge on any atom is -0.481 e. The molecule has 42 heavy (non-hydrogen) atoms. The number of amides is 1. The van der Waals surface area contributed by atoms with Gasteiger partial charge in [0.05, 0.1) is 29.4 Å². The number of carboxylic acid groups (broad SMARTS) is 1. The molecule has 1 aromatic heterocycles. The number of hydrogen-bond donors (Lipinski definition) is 2. The number of nitrogens with zero attached hydrogens (tertiary/aromatic N) is 3. The molecule has 1 fully saturated rings. The van der Waals surface area contributed by atoms with E-state index in [1.165, 1.54) is 31.9 Å². The van der Waals surface area contributed by atoms with Gasteiger partial charge in [-0.15, -0.1) is 0 Å². The fourth-order valence-corrected chi connectivity index (χ4v) is 5.72. The van der Waals surface area contributed by atoms with E-state index in [1.54, 1.807) is 23.2 Å². The van der Waals surface area contributed by atoms with Crippen LogP contribution in [0.4, 0.5) is 11.4 Å². The minimum atomic E-state index is -0.974. The molecule has 0 radical (unpaired) electrons. The van der Waals surface area contributed by atoms with E-state index >= 15 is 0 Å². The molecule has 3 aromatic carbocycles. The maximum absolute atomic E-state index is 13.9. The van der Waals surface area contributed by atoms with E-state index in [1.807, 2.05) is 55.5 Å². The maximum atomic E-state index is 13.9. The van der Waals surface area contributed by atoms with E-state index in [9.17, 15) is 14.7 Å². The zero-order chi connectivity index (χ0) is 29.5. The molecule has 1 atom stereocenters. The van der Waals surface area contributed by atoms with Crippen LogP contribution in [0.25, 0.3) is 11.1 Å². The number of rotatable bonds is 9. The number of anilines is 2. The third kappa shape index (κ3) is 6.97. The van der Waals surface area contributed by atoms with Gasteiger partial charge in [0, 0.05) is 32.0 Å². The molecule has 7 heteroatoms. The Hall–Kier alpha value is -4.65. The SMILES string of the molecule is Cc1ccc(C(CC(=O)O)N(Cc2cccc(-c3ccc(N4CCCCCC4)c(N)c3)c2)C(=O)c2cccnc2)cc1. The molecule has 3 N–H and O–H groups in total. The Morgan fingerprint density at radius 3 is 2.33 bits per heavy atom. The van der Waals surface area contributed by atoms with Crippen molar-refractivity contribution in [2.75, 3.05) is 23.7 Å². The lowest BCUT2D eigenvalue weighted by Gasteiger charge is -2.32. The third-order valence-corrected chi connectivity index (χ3v) is 7.96. The number of carbonyl (C=O) groups is 2. The van der Waals surface area contributed by atoms with Gasteiger partial charge in [0.25, 0.3) is 5.91 Å². The van der Waals surface area contributed by atoms with Crippen molar-refractivity contribution in [3.63, 3.8) is 0 Å². The summed E-state index contributed by atoms with van der Waals surface area (Å²) >= 11 is 0. The van der Waals surface area contributed by atoms with Gasteiger partial charge in [-0.25, -0.2) is 0 Å². The van der Waals surface area contributed by atoms with E-state index in [2.05, 4.69) is 28.1 Å². The van der Waals surface area contributed by atoms with Crippen molar-refractivity contribution >= 4 is 23.3 Å². The van der Waals surface area contributed by atoms with Gasteiger partial charge >= 0.3 is 5.97 Å². The topological polar surface area (TPSA) is 99.8 Å². The summed E-state index contributed by atoms with van der Waals surface area (Å²) in [6.07, 6.45) is 7.81. The number of benzene rings is 3. The first-order chi connectivity index (χ1) is 20.4. The molecule has 0 aliphatic carbocycles. The molecular weight excluding hydrogens is 524 g/mol. The van der Waals surface area contributed by atoms with Gasteiger partial charge in [-0.2, -0.15) is 0 Å². The van der Waals surface area contributed by atoms with Crippen LogP contribution in [-0.2, 0) is 11.3 Å². The Bertz CT molecular complexity index is 1510. The van der Waals surface area contributed by atoms with Gasteiger partial charge in [-0.3, -0.25) is 14.6 Å². The highest BCUT2D eigenvalue weighted by Gasteiger charge is 2.29. The Morgan fingerprint density at radius 1 is 0.929 bits per heavy atom. The first-order valence-electron chi connectivity index (χ1n) is 14.6. The predicted octanol–water partition coefficient (Wildman–Crippen LogP) is 6.88. The van der Waals surface area contributed by atoms with Gasteiger partial charge in [0.1, 0.15) is 0 Å². The van der Waals surface area contributed by atoms with Crippen LogP contribution < -0.4 is 10.6 Å². The zero-order valence-corrected chi connectivity index (χ0v) is 24.1. The highest BCUT2D eigenvalue weighted by molar-refractivity contribution is 5.94. The number of hydrogen-bond acceptors (Lipinski definition) is 5. The second kappa shape index (κ2) is 13.3. The lowest BCUT2D eigenvalue weighted by atomic mass is 9.97. The quantitative estimate of drug-likeness (QED) is 0.216. The predicted molar refractivity (Wildman–Crippen MR) is 167 cm³/mol. The number of pyridine rings is 1. The molecule has 1 aliphatic heterocycles. The normalized spacial score (nSPS) is 14.2. The van der Waals surface area contributed by atoms with Crippen molar-refractivity contribution < 1.29 is 14.7 Å². The van der Waals surface area contributed by atoms with Gasteiger partial charge in [0.2, 0.25) is 0 Å². The second-order valence-electron chi connectivity index (χ2n) is 11.1. The lowest BCUT2D eigenvalue weighted by Crippen LogP contribution is -2.36. The summed E-state index contributed by atoms with van der Waals surface area (Å²) in [4.78, 5) is 34.1. The summed E-state index contributed by atoms with van der Waals surface area (Å²) < 4.78 is 0. The van der Waals surface area contributed by atoms with Crippen LogP contribution in [0.1, 0.15) is 65.2 Å². The fraction of sp³-hybridized carbons (Fsp3) is 0.286. The summed E-state index contributed by atoms with van der Waals surface area (Å²) in [7, 11) is 0. The number of aliphatic carboxylic acids is 1. The largest absolute Gasteiger partial charge is 0.481 e. The number of nitrogen functional groups attached to an aromatic ring is 1. The van der Waals surface area contributed by atoms with Crippen LogP contribution in [-0.4, -0.2) is 40.0 Å². The first kappa shape index (κ1) is 28.9. The highest BCUT2D eigenvalue weighted by Crippen LogP contribution is 2.33. The molecule has 1 amide bonds. The number of carboxylic acids is 1. The Kier molecular flexibility index (Phi) is 9.17. The molecule has 216 valence electrons. The summed E-state index contributed by atoms with van der Waals surface area (Å²) in [6.45, 7) is 4.26. The van der Waals surface area contributed by atoms with Crippen LogP contribution in [0.15, 0.2) is 91.3 Å². The van der Waals surface area contributed by atoms with Crippen LogP contribution in [0.5, 0.6) is 0 Å². The molecule has 4 aromatic rings. The van der Waals surface area contributed by atoms with Gasteiger partial charge in [-0.05, 0) is 72.4 Å². The van der Waals surface area contributed by atoms with Crippen molar-refractivity contribution in [2.24, 2.45) is 0 Å². The first-order valence-corrected chi connectivity index (χ1v) is 14.6. The monoisotopic (exact) mass is 562 g/mol. The molecule has 7 nitrogen and oxygen atoms in total. The van der Waals surface area contributed by atoms with E-state index < -0.39 is 12.0 Å². The van der Waals surface area contributed by atoms with Crippen LogP contribution in [0, 0.1) is 6.92 Å². The number of nitrogens with two attached hydrogens (primary N) is 1. The molecule has 2 heterocycles. The average molecular weight is 563 g/mol. The van der Waals surface area contributed by atoms with Crippen molar-refractivity contribution in [1.29, 1.82) is 0 Å². The summed E-state index contributed by atoms with van der Waals surface area (Å²) in [5, 5.41) is 9.85. The fourth-order valence-electron chi connectivity index (χ4n) is 5.72. The van der Waals surface area contributed by atoms with Crippen molar-refractivity contribution in [3.05, 3.63) is 114 Å². The smallest absolute Gasteiger partial charge is 0.305 e. The summed E-state index contributed by atoms with van der Waals surface area (Å²) in [5.74, 6) is -1.25. The molecule has 5 rings (SSSR count). The molecule has 0 spiro atoms. The highest BCUT2D eigenvalue weighted by atomic mass is 16.4. The van der Waals surface area contributed by atoms with E-state index in [0.717, 1.165) is 52.3 Å². The standard InChI is InChI=1S/C35H38N4O3/c1-25-11-13-27(14-12-25)33(22-34(40)41)39(35(42)30-10-7-17-37-23-30)24-26-8-6-9-28(20-26)29-15-16-32(31(36)21-29)38-18-4-2-3-5-19-38/h6-17,20-21,23,33H,2-5,18-19,22,24,36H2,1H3,(H,40,41). The van der Waals surface area contributed by atoms with Gasteiger partial charge in [-0.1, -0.05) is 66.9 Å². The zero-order valence-electron chi connectivity index (χ0n) is 24.1. The molecular formula is C35H38N4O3. The summed E-state index contributed by atoms with van der Waals surface area (Å²) in [6, 6.07) is 24.7. The van der Waals surface area contributed by atoms with Gasteiger partial charge < -0.3 is 20.6 Å². The third-order valence-electron chi connectivity index (χ3n) is 7.96. The van der Waals surface area contributed by atoms with E-state index in [0.29, 0.717) is 5.56 Å². The molecule has 0 saturated carbocycles. The number of carbonyl (C=O) groups excluding carboxylic acids is 1. The summed E-state index contributed by atoms with van der Waals surface area (Å²) in [5.41, 5.74) is 13.5. The van der Waals surface area contributed by atoms with E-state index in [4.69, 9.17) is 5.73 Å². The maximum Gasteiger partial charge on any atom is 0.305 e. The molecule has 1 saturated heterocycles. The second-order valence-corrected chi connectivity index (χ2v) is 11.1. The number of aryl methyl sites for hydroxylation is 1. The molecule has 1 aliphatic rings. The van der Waals surface area contributed by atoms with Crippen LogP contribution in [0.2, 0.25) is 0 Å². The molecule has 0 bridgehead atoms. The lowest BCUT2D eigenvalue weighted by molar-refractivity contribution is -0.138. The average Bonchev–Trinajstić information content (AvgIpc) is 3.29. The van der Waals surface area contributed by atoms with Crippen LogP contribution in [0.3, 0.4) is 0 Å². The molecule has 1 unspecified atom stereocenters. The van der Waals surface area contributed by atoms with Crippen molar-refractivity contribution in [3.8, 4) is 11.1 Å². The van der Waals surface area contributed by atoms with Gasteiger partial charge in [0.15, 0.2) is 0 Å². The Morgan fingerprint density at radius 2 is 1.67 bits per heavy atom.